The van der Waals surface area contributed by atoms with Crippen LogP contribution in [0.4, 0.5) is 0 Å². The standard InChI is InChI=1S/C13H25N3O/c1-5-7-14-12(10-17-8-6-2)13-9-11(3)15-16(13)4/h9,12,14H,5-8,10H2,1-4H3. The van der Waals surface area contributed by atoms with Crippen molar-refractivity contribution < 1.29 is 4.74 Å². The van der Waals surface area contributed by atoms with E-state index in [1.165, 1.54) is 5.69 Å². The summed E-state index contributed by atoms with van der Waals surface area (Å²) in [5.74, 6) is 0. The molecule has 17 heavy (non-hydrogen) atoms. The van der Waals surface area contributed by atoms with Gasteiger partial charge in [0.1, 0.15) is 0 Å². The summed E-state index contributed by atoms with van der Waals surface area (Å²) in [6.07, 6.45) is 2.19. The van der Waals surface area contributed by atoms with Gasteiger partial charge in [-0.25, -0.2) is 0 Å². The van der Waals surface area contributed by atoms with E-state index in [1.54, 1.807) is 0 Å². The molecular formula is C13H25N3O. The van der Waals surface area contributed by atoms with Crippen LogP contribution in [-0.2, 0) is 11.8 Å². The molecule has 0 aliphatic carbocycles. The molecule has 4 heteroatoms. The molecule has 0 aliphatic heterocycles. The molecule has 0 fully saturated rings. The van der Waals surface area contributed by atoms with Crippen molar-refractivity contribution in [2.75, 3.05) is 19.8 Å². The lowest BCUT2D eigenvalue weighted by Gasteiger charge is -2.18. The zero-order valence-electron chi connectivity index (χ0n) is 11.5. The molecule has 1 heterocycles. The highest BCUT2D eigenvalue weighted by Crippen LogP contribution is 2.14. The molecular weight excluding hydrogens is 214 g/mol. The Balaban J connectivity index is 2.64. The highest BCUT2D eigenvalue weighted by atomic mass is 16.5. The summed E-state index contributed by atoms with van der Waals surface area (Å²) >= 11 is 0. The van der Waals surface area contributed by atoms with Crippen molar-refractivity contribution >= 4 is 0 Å². The topological polar surface area (TPSA) is 39.1 Å². The molecule has 0 saturated heterocycles. The van der Waals surface area contributed by atoms with Gasteiger partial charge < -0.3 is 10.1 Å². The van der Waals surface area contributed by atoms with E-state index in [4.69, 9.17) is 4.74 Å². The summed E-state index contributed by atoms with van der Waals surface area (Å²) in [6, 6.07) is 2.37. The molecule has 1 aromatic heterocycles. The Morgan fingerprint density at radius 3 is 2.71 bits per heavy atom. The third-order valence-corrected chi connectivity index (χ3v) is 2.67. The van der Waals surface area contributed by atoms with Crippen molar-refractivity contribution in [1.29, 1.82) is 0 Å². The van der Waals surface area contributed by atoms with Crippen LogP contribution in [0.3, 0.4) is 0 Å². The summed E-state index contributed by atoms with van der Waals surface area (Å²) < 4.78 is 7.60. The zero-order valence-corrected chi connectivity index (χ0v) is 11.5. The average Bonchev–Trinajstić information content (AvgIpc) is 2.63. The summed E-state index contributed by atoms with van der Waals surface area (Å²) in [7, 11) is 1.99. The monoisotopic (exact) mass is 239 g/mol. The zero-order chi connectivity index (χ0) is 12.7. The third kappa shape index (κ3) is 4.48. The van der Waals surface area contributed by atoms with E-state index in [1.807, 2.05) is 18.7 Å². The maximum absolute atomic E-state index is 5.66. The van der Waals surface area contributed by atoms with Crippen LogP contribution in [0.5, 0.6) is 0 Å². The normalized spacial score (nSPS) is 12.9. The molecule has 4 nitrogen and oxygen atoms in total. The SMILES string of the molecule is CCCNC(COCCC)c1cc(C)nn1C. The molecule has 1 rings (SSSR count). The second-order valence-corrected chi connectivity index (χ2v) is 4.42. The van der Waals surface area contributed by atoms with E-state index >= 15 is 0 Å². The third-order valence-electron chi connectivity index (χ3n) is 2.67. The lowest BCUT2D eigenvalue weighted by molar-refractivity contribution is 0.110. The molecule has 0 amide bonds. The molecule has 1 unspecified atom stereocenters. The molecule has 1 aromatic rings. The fraction of sp³-hybridized carbons (Fsp3) is 0.769. The van der Waals surface area contributed by atoms with Gasteiger partial charge in [-0.2, -0.15) is 5.10 Å². The Kier molecular flexibility index (Phi) is 6.22. The predicted octanol–water partition coefficient (Wildman–Crippen LogP) is 2.20. The number of ether oxygens (including phenoxy) is 1. The summed E-state index contributed by atoms with van der Waals surface area (Å²) in [6.45, 7) is 8.86. The van der Waals surface area contributed by atoms with Gasteiger partial charge in [-0.05, 0) is 32.4 Å². The van der Waals surface area contributed by atoms with E-state index in [0.29, 0.717) is 6.61 Å². The van der Waals surface area contributed by atoms with E-state index in [0.717, 1.165) is 31.7 Å². The van der Waals surface area contributed by atoms with E-state index in [2.05, 4.69) is 30.3 Å². The molecule has 0 radical (unpaired) electrons. The highest BCUT2D eigenvalue weighted by Gasteiger charge is 2.15. The number of aromatic nitrogens is 2. The minimum atomic E-state index is 0.243. The molecule has 1 N–H and O–H groups in total. The first-order valence-electron chi connectivity index (χ1n) is 6.50. The van der Waals surface area contributed by atoms with Gasteiger partial charge in [-0.15, -0.1) is 0 Å². The van der Waals surface area contributed by atoms with Gasteiger partial charge in [0.2, 0.25) is 0 Å². The smallest absolute Gasteiger partial charge is 0.0729 e. The second-order valence-electron chi connectivity index (χ2n) is 4.42. The van der Waals surface area contributed by atoms with E-state index in [-0.39, 0.29) is 6.04 Å². The summed E-state index contributed by atoms with van der Waals surface area (Å²) in [5.41, 5.74) is 2.26. The maximum Gasteiger partial charge on any atom is 0.0729 e. The molecule has 0 aliphatic rings. The molecule has 98 valence electrons. The van der Waals surface area contributed by atoms with Crippen LogP contribution in [0.1, 0.15) is 44.1 Å². The number of nitrogens with one attached hydrogen (secondary N) is 1. The number of nitrogens with zero attached hydrogens (tertiary/aromatic N) is 2. The first-order chi connectivity index (χ1) is 8.19. The van der Waals surface area contributed by atoms with Crippen molar-refractivity contribution in [2.24, 2.45) is 7.05 Å². The van der Waals surface area contributed by atoms with Gasteiger partial charge in [-0.3, -0.25) is 4.68 Å². The Morgan fingerprint density at radius 2 is 2.18 bits per heavy atom. The molecule has 0 aromatic carbocycles. The minimum absolute atomic E-state index is 0.243. The predicted molar refractivity (Wildman–Crippen MR) is 70.1 cm³/mol. The van der Waals surface area contributed by atoms with Gasteiger partial charge in [0.05, 0.1) is 24.0 Å². The van der Waals surface area contributed by atoms with Gasteiger partial charge in [0, 0.05) is 13.7 Å². The molecule has 1 atom stereocenters. The number of aryl methyl sites for hydroxylation is 2. The summed E-state index contributed by atoms with van der Waals surface area (Å²) in [5, 5.41) is 7.90. The number of rotatable bonds is 8. The van der Waals surface area contributed by atoms with Gasteiger partial charge in [0.15, 0.2) is 0 Å². The Bertz CT molecular complexity index is 322. The maximum atomic E-state index is 5.66. The molecule has 0 saturated carbocycles. The molecule has 0 spiro atoms. The quantitative estimate of drug-likeness (QED) is 0.707. The van der Waals surface area contributed by atoms with Crippen molar-refractivity contribution in [2.45, 2.75) is 39.7 Å². The van der Waals surface area contributed by atoms with Crippen molar-refractivity contribution in [3.8, 4) is 0 Å². The van der Waals surface area contributed by atoms with Crippen LogP contribution in [0, 0.1) is 6.92 Å². The largest absolute Gasteiger partial charge is 0.379 e. The number of hydrogen-bond acceptors (Lipinski definition) is 3. The van der Waals surface area contributed by atoms with Crippen LogP contribution < -0.4 is 5.32 Å². The lowest BCUT2D eigenvalue weighted by Crippen LogP contribution is -2.28. The van der Waals surface area contributed by atoms with Crippen LogP contribution in [0.2, 0.25) is 0 Å². The second kappa shape index (κ2) is 7.45. The van der Waals surface area contributed by atoms with Crippen LogP contribution in [-0.4, -0.2) is 29.5 Å². The Labute approximate surface area is 104 Å². The van der Waals surface area contributed by atoms with Crippen LogP contribution in [0.15, 0.2) is 6.07 Å². The van der Waals surface area contributed by atoms with Crippen molar-refractivity contribution in [3.05, 3.63) is 17.5 Å². The first-order valence-corrected chi connectivity index (χ1v) is 6.50. The minimum Gasteiger partial charge on any atom is -0.379 e. The van der Waals surface area contributed by atoms with E-state index in [9.17, 15) is 0 Å². The lowest BCUT2D eigenvalue weighted by atomic mass is 10.2. The van der Waals surface area contributed by atoms with Gasteiger partial charge >= 0.3 is 0 Å². The fourth-order valence-corrected chi connectivity index (χ4v) is 1.87. The fourth-order valence-electron chi connectivity index (χ4n) is 1.87. The Hall–Kier alpha value is -0.870. The van der Waals surface area contributed by atoms with Crippen LogP contribution >= 0.6 is 0 Å². The summed E-state index contributed by atoms with van der Waals surface area (Å²) in [4.78, 5) is 0. The van der Waals surface area contributed by atoms with Gasteiger partial charge in [-0.1, -0.05) is 13.8 Å². The number of hydrogen-bond donors (Lipinski definition) is 1. The molecule has 0 bridgehead atoms. The highest BCUT2D eigenvalue weighted by molar-refractivity contribution is 5.13. The van der Waals surface area contributed by atoms with E-state index < -0.39 is 0 Å². The van der Waals surface area contributed by atoms with Crippen LogP contribution in [0.25, 0.3) is 0 Å². The first kappa shape index (κ1) is 14.2. The van der Waals surface area contributed by atoms with Gasteiger partial charge in [0.25, 0.3) is 0 Å². The van der Waals surface area contributed by atoms with Crippen molar-refractivity contribution in [3.63, 3.8) is 0 Å². The average molecular weight is 239 g/mol. The Morgan fingerprint density at radius 1 is 1.41 bits per heavy atom. The van der Waals surface area contributed by atoms with Crippen molar-refractivity contribution in [1.82, 2.24) is 15.1 Å².